The standard InChI is InChI=1S/C12H19BrN2O2S2/c1-9-4-2-3-7-12(9,8-14)15-19(16,17)11-6-5-10(13)18-11/h5-6,9,15H,2-4,7-8,14H2,1H3. The maximum atomic E-state index is 12.4. The third-order valence-corrected chi connectivity index (χ3v) is 7.64. The molecule has 0 radical (unpaired) electrons. The number of nitrogens with one attached hydrogen (secondary N) is 1. The van der Waals surface area contributed by atoms with Gasteiger partial charge in [-0.1, -0.05) is 19.8 Å². The van der Waals surface area contributed by atoms with Gasteiger partial charge in [0.15, 0.2) is 0 Å². The highest BCUT2D eigenvalue weighted by molar-refractivity contribution is 9.11. The van der Waals surface area contributed by atoms with Crippen LogP contribution in [0.2, 0.25) is 0 Å². The monoisotopic (exact) mass is 366 g/mol. The van der Waals surface area contributed by atoms with Crippen LogP contribution < -0.4 is 10.5 Å². The third kappa shape index (κ3) is 3.21. The minimum Gasteiger partial charge on any atom is -0.329 e. The fraction of sp³-hybridized carbons (Fsp3) is 0.667. The van der Waals surface area contributed by atoms with E-state index < -0.39 is 15.6 Å². The van der Waals surface area contributed by atoms with E-state index in [1.807, 2.05) is 0 Å². The predicted octanol–water partition coefficient (Wildman–Crippen LogP) is 2.70. The van der Waals surface area contributed by atoms with Gasteiger partial charge in [-0.15, -0.1) is 11.3 Å². The lowest BCUT2D eigenvalue weighted by Gasteiger charge is -2.42. The SMILES string of the molecule is CC1CCCCC1(CN)NS(=O)(=O)c1ccc(Br)s1. The molecular weight excluding hydrogens is 348 g/mol. The summed E-state index contributed by atoms with van der Waals surface area (Å²) >= 11 is 4.51. The largest absolute Gasteiger partial charge is 0.329 e. The molecule has 0 spiro atoms. The number of rotatable bonds is 4. The number of thiophene rings is 1. The van der Waals surface area contributed by atoms with Crippen LogP contribution in [-0.4, -0.2) is 20.5 Å². The Morgan fingerprint density at radius 3 is 2.79 bits per heavy atom. The number of halogens is 1. The molecule has 1 aromatic rings. The molecule has 3 N–H and O–H groups in total. The van der Waals surface area contributed by atoms with E-state index >= 15 is 0 Å². The second kappa shape index (κ2) is 5.81. The number of hydrogen-bond acceptors (Lipinski definition) is 4. The zero-order valence-electron chi connectivity index (χ0n) is 10.9. The molecule has 108 valence electrons. The highest BCUT2D eigenvalue weighted by Gasteiger charge is 2.40. The van der Waals surface area contributed by atoms with Crippen molar-refractivity contribution < 1.29 is 8.42 Å². The van der Waals surface area contributed by atoms with Gasteiger partial charge in [0.25, 0.3) is 10.0 Å². The molecular formula is C12H19BrN2O2S2. The summed E-state index contributed by atoms with van der Waals surface area (Å²) in [6, 6.07) is 3.37. The summed E-state index contributed by atoms with van der Waals surface area (Å²) in [6.45, 7) is 2.43. The molecule has 1 heterocycles. The summed E-state index contributed by atoms with van der Waals surface area (Å²) in [6.07, 6.45) is 4.01. The van der Waals surface area contributed by atoms with Gasteiger partial charge in [-0.25, -0.2) is 13.1 Å². The van der Waals surface area contributed by atoms with Crippen molar-refractivity contribution in [3.63, 3.8) is 0 Å². The average Bonchev–Trinajstić information content (AvgIpc) is 2.80. The minimum atomic E-state index is -3.48. The molecule has 1 aliphatic rings. The first-order chi connectivity index (χ1) is 8.89. The van der Waals surface area contributed by atoms with Gasteiger partial charge in [-0.3, -0.25) is 0 Å². The molecule has 1 aromatic heterocycles. The summed E-state index contributed by atoms with van der Waals surface area (Å²) < 4.78 is 28.9. The van der Waals surface area contributed by atoms with E-state index in [1.165, 1.54) is 11.3 Å². The van der Waals surface area contributed by atoms with Gasteiger partial charge >= 0.3 is 0 Å². The predicted molar refractivity (Wildman–Crippen MR) is 81.8 cm³/mol. The second-order valence-corrected chi connectivity index (χ2v) is 9.54. The Bertz CT molecular complexity index is 544. The van der Waals surface area contributed by atoms with Gasteiger partial charge in [-0.2, -0.15) is 0 Å². The smallest absolute Gasteiger partial charge is 0.250 e. The summed E-state index contributed by atoms with van der Waals surface area (Å²) in [4.78, 5) is 0. The van der Waals surface area contributed by atoms with Crippen molar-refractivity contribution in [3.05, 3.63) is 15.9 Å². The Hall–Kier alpha value is 0.0500. The Morgan fingerprint density at radius 2 is 2.26 bits per heavy atom. The highest BCUT2D eigenvalue weighted by atomic mass is 79.9. The van der Waals surface area contributed by atoms with Crippen molar-refractivity contribution in [2.75, 3.05) is 6.54 Å². The summed E-state index contributed by atoms with van der Waals surface area (Å²) in [7, 11) is -3.48. The molecule has 7 heteroatoms. The second-order valence-electron chi connectivity index (χ2n) is 5.17. The van der Waals surface area contributed by atoms with Gasteiger partial charge in [0.1, 0.15) is 4.21 Å². The van der Waals surface area contributed by atoms with Crippen molar-refractivity contribution in [1.82, 2.24) is 4.72 Å². The van der Waals surface area contributed by atoms with Crippen LogP contribution in [0.4, 0.5) is 0 Å². The molecule has 0 bridgehead atoms. The van der Waals surface area contributed by atoms with E-state index in [0.29, 0.717) is 10.8 Å². The van der Waals surface area contributed by atoms with Crippen LogP contribution in [0.15, 0.2) is 20.1 Å². The molecule has 1 saturated carbocycles. The zero-order valence-corrected chi connectivity index (χ0v) is 14.1. The molecule has 2 unspecified atom stereocenters. The number of sulfonamides is 1. The van der Waals surface area contributed by atoms with Crippen LogP contribution >= 0.6 is 27.3 Å². The van der Waals surface area contributed by atoms with Crippen LogP contribution in [0.25, 0.3) is 0 Å². The van der Waals surface area contributed by atoms with Gasteiger partial charge in [0.2, 0.25) is 0 Å². The van der Waals surface area contributed by atoms with Gasteiger partial charge in [0.05, 0.1) is 3.79 Å². The van der Waals surface area contributed by atoms with Crippen LogP contribution in [0.3, 0.4) is 0 Å². The van der Waals surface area contributed by atoms with Crippen LogP contribution in [0, 0.1) is 5.92 Å². The molecule has 0 saturated heterocycles. The molecule has 0 aromatic carbocycles. The van der Waals surface area contributed by atoms with Crippen LogP contribution in [0.5, 0.6) is 0 Å². The van der Waals surface area contributed by atoms with E-state index in [-0.39, 0.29) is 5.92 Å². The van der Waals surface area contributed by atoms with E-state index in [0.717, 1.165) is 29.5 Å². The average molecular weight is 367 g/mol. The maximum Gasteiger partial charge on any atom is 0.250 e. The Balaban J connectivity index is 2.27. The first-order valence-corrected chi connectivity index (χ1v) is 9.48. The fourth-order valence-electron chi connectivity index (χ4n) is 2.67. The minimum absolute atomic E-state index is 0.268. The van der Waals surface area contributed by atoms with E-state index in [2.05, 4.69) is 27.6 Å². The van der Waals surface area contributed by atoms with Gasteiger partial charge < -0.3 is 5.73 Å². The third-order valence-electron chi connectivity index (χ3n) is 3.97. The van der Waals surface area contributed by atoms with Crippen molar-refractivity contribution in [2.45, 2.75) is 42.4 Å². The first-order valence-electron chi connectivity index (χ1n) is 6.39. The molecule has 0 aliphatic heterocycles. The molecule has 1 fully saturated rings. The van der Waals surface area contributed by atoms with Crippen LogP contribution in [0.1, 0.15) is 32.6 Å². The van der Waals surface area contributed by atoms with Gasteiger partial charge in [0, 0.05) is 12.1 Å². The Labute approximate surface area is 127 Å². The van der Waals surface area contributed by atoms with Crippen LogP contribution in [-0.2, 0) is 10.0 Å². The van der Waals surface area contributed by atoms with Crippen molar-refractivity contribution in [3.8, 4) is 0 Å². The lowest BCUT2D eigenvalue weighted by atomic mass is 9.74. The van der Waals surface area contributed by atoms with Crippen molar-refractivity contribution >= 4 is 37.3 Å². The lowest BCUT2D eigenvalue weighted by molar-refractivity contribution is 0.191. The summed E-state index contributed by atoms with van der Waals surface area (Å²) in [5.41, 5.74) is 5.39. The Kier molecular flexibility index (Phi) is 4.72. The fourth-order valence-corrected chi connectivity index (χ4v) is 6.21. The topological polar surface area (TPSA) is 72.2 Å². The Morgan fingerprint density at radius 1 is 1.53 bits per heavy atom. The van der Waals surface area contributed by atoms with E-state index in [4.69, 9.17) is 5.73 Å². The zero-order chi connectivity index (χ0) is 14.1. The number of hydrogen-bond donors (Lipinski definition) is 2. The maximum absolute atomic E-state index is 12.4. The summed E-state index contributed by atoms with van der Waals surface area (Å²) in [5.74, 6) is 0.268. The summed E-state index contributed by atoms with van der Waals surface area (Å²) in [5, 5.41) is 0. The van der Waals surface area contributed by atoms with Crippen molar-refractivity contribution in [1.29, 1.82) is 0 Å². The molecule has 2 rings (SSSR count). The normalized spacial score (nSPS) is 28.5. The molecule has 4 nitrogen and oxygen atoms in total. The van der Waals surface area contributed by atoms with E-state index in [1.54, 1.807) is 12.1 Å². The van der Waals surface area contributed by atoms with Crippen molar-refractivity contribution in [2.24, 2.45) is 11.7 Å². The quantitative estimate of drug-likeness (QED) is 0.860. The highest BCUT2D eigenvalue weighted by Crippen LogP contribution is 2.35. The molecule has 0 amide bonds. The first kappa shape index (κ1) is 15.4. The molecule has 1 aliphatic carbocycles. The molecule has 19 heavy (non-hydrogen) atoms. The molecule has 2 atom stereocenters. The van der Waals surface area contributed by atoms with Gasteiger partial charge in [-0.05, 0) is 46.8 Å². The number of nitrogens with two attached hydrogens (primary N) is 1. The van der Waals surface area contributed by atoms with E-state index in [9.17, 15) is 8.42 Å². The lowest BCUT2D eigenvalue weighted by Crippen LogP contribution is -2.58.